The number of aromatic nitrogens is 2. The van der Waals surface area contributed by atoms with Crippen LogP contribution in [0.3, 0.4) is 0 Å². The number of nitrogens with one attached hydrogen (secondary N) is 1. The molecule has 4 heteroatoms. The van der Waals surface area contributed by atoms with Crippen molar-refractivity contribution in [2.45, 2.75) is 12.8 Å². The van der Waals surface area contributed by atoms with Gasteiger partial charge in [-0.3, -0.25) is 0 Å². The molecule has 1 N–H and O–H groups in total. The number of alkyl halides is 1. The topological polar surface area (TPSA) is 41.8 Å². The van der Waals surface area contributed by atoms with Gasteiger partial charge in [-0.2, -0.15) is 0 Å². The lowest BCUT2D eigenvalue weighted by molar-refractivity contribution is 0.578. The minimum atomic E-state index is 0.420. The first kappa shape index (κ1) is 8.38. The Morgan fingerprint density at radius 3 is 3.00 bits per heavy atom. The maximum atomic E-state index is 5.69. The van der Waals surface area contributed by atoms with Gasteiger partial charge >= 0.3 is 0 Å². The molecule has 0 saturated carbocycles. The van der Waals surface area contributed by atoms with Gasteiger partial charge in [0.05, 0.1) is 17.8 Å². The molecule has 2 aromatic heterocycles. The van der Waals surface area contributed by atoms with Crippen LogP contribution in [0.1, 0.15) is 11.4 Å². The van der Waals surface area contributed by atoms with Gasteiger partial charge in [-0.25, -0.2) is 4.98 Å². The van der Waals surface area contributed by atoms with Crippen LogP contribution in [-0.2, 0) is 5.88 Å². The van der Waals surface area contributed by atoms with Gasteiger partial charge in [0.1, 0.15) is 0 Å². The number of aromatic amines is 1. The second-order valence-electron chi connectivity index (χ2n) is 2.77. The highest BCUT2D eigenvalue weighted by molar-refractivity contribution is 6.17. The van der Waals surface area contributed by atoms with Crippen molar-refractivity contribution in [2.24, 2.45) is 0 Å². The molecule has 0 aromatic carbocycles. The summed E-state index contributed by atoms with van der Waals surface area (Å²) in [4.78, 5) is 7.40. The highest BCUT2D eigenvalue weighted by atomic mass is 35.5. The maximum absolute atomic E-state index is 5.69. The third-order valence-electron chi connectivity index (χ3n) is 1.87. The van der Waals surface area contributed by atoms with Gasteiger partial charge in [0.15, 0.2) is 11.6 Å². The molecule has 2 aromatic rings. The molecule has 2 heterocycles. The number of hydrogen-bond acceptors (Lipinski definition) is 2. The van der Waals surface area contributed by atoms with E-state index < -0.39 is 0 Å². The molecule has 13 heavy (non-hydrogen) atoms. The summed E-state index contributed by atoms with van der Waals surface area (Å²) < 4.78 is 5.20. The molecular formula is C9H9ClN2O. The molecule has 0 fully saturated rings. The third kappa shape index (κ3) is 1.47. The molecule has 0 aliphatic rings. The third-order valence-corrected chi connectivity index (χ3v) is 2.12. The zero-order valence-electron chi connectivity index (χ0n) is 7.17. The van der Waals surface area contributed by atoms with E-state index in [0.29, 0.717) is 5.88 Å². The molecule has 0 aliphatic heterocycles. The van der Waals surface area contributed by atoms with Crippen LogP contribution < -0.4 is 0 Å². The number of halogens is 1. The Kier molecular flexibility index (Phi) is 2.10. The summed E-state index contributed by atoms with van der Waals surface area (Å²) in [6.45, 7) is 1.94. The summed E-state index contributed by atoms with van der Waals surface area (Å²) in [7, 11) is 0. The summed E-state index contributed by atoms with van der Waals surface area (Å²) in [5, 5.41) is 0. The van der Waals surface area contributed by atoms with Crippen molar-refractivity contribution in [2.75, 3.05) is 0 Å². The van der Waals surface area contributed by atoms with E-state index >= 15 is 0 Å². The number of nitrogens with zero attached hydrogens (tertiary/aromatic N) is 1. The van der Waals surface area contributed by atoms with Crippen LogP contribution in [0, 0.1) is 6.92 Å². The molecule has 0 aliphatic carbocycles. The molecule has 2 rings (SSSR count). The van der Waals surface area contributed by atoms with E-state index in [4.69, 9.17) is 16.0 Å². The SMILES string of the molecule is Cc1[nH]c(-c2ccco2)nc1CCl. The van der Waals surface area contributed by atoms with Crippen LogP contribution in [0.2, 0.25) is 0 Å². The van der Waals surface area contributed by atoms with E-state index in [-0.39, 0.29) is 0 Å². The van der Waals surface area contributed by atoms with Crippen molar-refractivity contribution in [3.63, 3.8) is 0 Å². The smallest absolute Gasteiger partial charge is 0.174 e. The zero-order valence-corrected chi connectivity index (χ0v) is 7.93. The van der Waals surface area contributed by atoms with Crippen molar-refractivity contribution < 1.29 is 4.42 Å². The monoisotopic (exact) mass is 196 g/mol. The molecule has 3 nitrogen and oxygen atoms in total. The van der Waals surface area contributed by atoms with E-state index in [0.717, 1.165) is 23.0 Å². The Balaban J connectivity index is 2.43. The van der Waals surface area contributed by atoms with Gasteiger partial charge in [-0.15, -0.1) is 11.6 Å². The number of imidazole rings is 1. The summed E-state index contributed by atoms with van der Waals surface area (Å²) in [6, 6.07) is 3.68. The van der Waals surface area contributed by atoms with Gasteiger partial charge in [0.25, 0.3) is 0 Å². The number of furan rings is 1. The summed E-state index contributed by atoms with van der Waals surface area (Å²) in [5.74, 6) is 1.89. The summed E-state index contributed by atoms with van der Waals surface area (Å²) in [5.41, 5.74) is 1.86. The predicted octanol–water partition coefficient (Wildman–Crippen LogP) is 2.72. The van der Waals surface area contributed by atoms with Crippen LogP contribution in [-0.4, -0.2) is 9.97 Å². The molecule has 0 radical (unpaired) electrons. The van der Waals surface area contributed by atoms with E-state index in [2.05, 4.69) is 9.97 Å². The molecule has 0 bridgehead atoms. The fraction of sp³-hybridized carbons (Fsp3) is 0.222. The van der Waals surface area contributed by atoms with E-state index in [9.17, 15) is 0 Å². The lowest BCUT2D eigenvalue weighted by Gasteiger charge is -1.86. The Morgan fingerprint density at radius 2 is 2.46 bits per heavy atom. The second-order valence-corrected chi connectivity index (χ2v) is 3.04. The maximum Gasteiger partial charge on any atom is 0.174 e. The Morgan fingerprint density at radius 1 is 1.62 bits per heavy atom. The second kappa shape index (κ2) is 3.26. The molecular weight excluding hydrogens is 188 g/mol. The van der Waals surface area contributed by atoms with E-state index in [1.165, 1.54) is 0 Å². The van der Waals surface area contributed by atoms with Crippen molar-refractivity contribution in [3.05, 3.63) is 29.8 Å². The first-order valence-electron chi connectivity index (χ1n) is 3.96. The van der Waals surface area contributed by atoms with Crippen molar-refractivity contribution in [3.8, 4) is 11.6 Å². The predicted molar refractivity (Wildman–Crippen MR) is 50.6 cm³/mol. The highest BCUT2D eigenvalue weighted by Gasteiger charge is 2.08. The lowest BCUT2D eigenvalue weighted by atomic mass is 10.4. The van der Waals surface area contributed by atoms with Crippen molar-refractivity contribution in [1.29, 1.82) is 0 Å². The van der Waals surface area contributed by atoms with Crippen LogP contribution >= 0.6 is 11.6 Å². The minimum absolute atomic E-state index is 0.420. The molecule has 68 valence electrons. The molecule has 0 spiro atoms. The molecule has 0 unspecified atom stereocenters. The van der Waals surface area contributed by atoms with Gasteiger partial charge in [0.2, 0.25) is 0 Å². The average molecular weight is 197 g/mol. The molecule has 0 amide bonds. The lowest BCUT2D eigenvalue weighted by Crippen LogP contribution is -1.79. The van der Waals surface area contributed by atoms with E-state index in [1.54, 1.807) is 6.26 Å². The van der Waals surface area contributed by atoms with Crippen molar-refractivity contribution in [1.82, 2.24) is 9.97 Å². The molecule has 0 atom stereocenters. The van der Waals surface area contributed by atoms with Gasteiger partial charge in [-0.05, 0) is 19.1 Å². The first-order valence-corrected chi connectivity index (χ1v) is 4.50. The number of hydrogen-bond donors (Lipinski definition) is 1. The highest BCUT2D eigenvalue weighted by Crippen LogP contribution is 2.18. The first-order chi connectivity index (χ1) is 6.31. The number of rotatable bonds is 2. The number of aryl methyl sites for hydroxylation is 1. The quantitative estimate of drug-likeness (QED) is 0.751. The fourth-order valence-corrected chi connectivity index (χ4v) is 1.42. The normalized spacial score (nSPS) is 10.6. The van der Waals surface area contributed by atoms with Gasteiger partial charge in [-0.1, -0.05) is 0 Å². The Labute approximate surface area is 80.7 Å². The Hall–Kier alpha value is -1.22. The van der Waals surface area contributed by atoms with E-state index in [1.807, 2.05) is 19.1 Å². The van der Waals surface area contributed by atoms with Crippen LogP contribution in [0.15, 0.2) is 22.8 Å². The van der Waals surface area contributed by atoms with Crippen molar-refractivity contribution >= 4 is 11.6 Å². The standard InChI is InChI=1S/C9H9ClN2O/c1-6-7(5-10)12-9(11-6)8-3-2-4-13-8/h2-4H,5H2,1H3,(H,11,12). The summed E-state index contributed by atoms with van der Waals surface area (Å²) >= 11 is 5.69. The average Bonchev–Trinajstić information content (AvgIpc) is 2.71. The van der Waals surface area contributed by atoms with Crippen LogP contribution in [0.4, 0.5) is 0 Å². The molecule has 0 saturated heterocycles. The van der Waals surface area contributed by atoms with Gasteiger partial charge in [0, 0.05) is 5.69 Å². The number of H-pyrrole nitrogens is 1. The Bertz CT molecular complexity index is 392. The van der Waals surface area contributed by atoms with Crippen LogP contribution in [0.5, 0.6) is 0 Å². The minimum Gasteiger partial charge on any atom is -0.461 e. The summed E-state index contributed by atoms with van der Waals surface area (Å²) in [6.07, 6.45) is 1.62. The largest absolute Gasteiger partial charge is 0.461 e. The van der Waals surface area contributed by atoms with Gasteiger partial charge < -0.3 is 9.40 Å². The van der Waals surface area contributed by atoms with Crippen LogP contribution in [0.25, 0.3) is 11.6 Å². The zero-order chi connectivity index (χ0) is 9.26. The fourth-order valence-electron chi connectivity index (χ4n) is 1.16.